The van der Waals surface area contributed by atoms with Crippen LogP contribution in [0.1, 0.15) is 35.2 Å². The minimum absolute atomic E-state index is 0.0990. The monoisotopic (exact) mass is 538 g/mol. The lowest BCUT2D eigenvalue weighted by Crippen LogP contribution is -2.36. The van der Waals surface area contributed by atoms with Crippen molar-refractivity contribution in [2.24, 2.45) is 0 Å². The van der Waals surface area contributed by atoms with E-state index in [1.807, 2.05) is 37.4 Å². The van der Waals surface area contributed by atoms with Gasteiger partial charge in [-0.05, 0) is 44.0 Å². The van der Waals surface area contributed by atoms with Crippen molar-refractivity contribution in [3.8, 4) is 11.4 Å². The fraction of sp³-hybridized carbons (Fsp3) is 0.280. The summed E-state index contributed by atoms with van der Waals surface area (Å²) in [6.07, 6.45) is 0.436. The Hall–Kier alpha value is -4.13. The third-order valence-electron chi connectivity index (χ3n) is 6.27. The highest BCUT2D eigenvalue weighted by molar-refractivity contribution is 7.15. The lowest BCUT2D eigenvalue weighted by molar-refractivity contribution is -0.159. The van der Waals surface area contributed by atoms with Crippen LogP contribution in [0.2, 0.25) is 0 Å². The number of fused-ring (bicyclic) bond motifs is 1. The number of hydrogen-bond acceptors (Lipinski definition) is 10. The second-order valence-corrected chi connectivity index (χ2v) is 10.2. The summed E-state index contributed by atoms with van der Waals surface area (Å²) in [7, 11) is 0. The molecule has 1 aliphatic heterocycles. The van der Waals surface area contributed by atoms with Crippen LogP contribution in [0, 0.1) is 6.92 Å². The van der Waals surface area contributed by atoms with Crippen LogP contribution in [0.4, 0.5) is 30.1 Å². The molecule has 9 nitrogen and oxygen atoms in total. The van der Waals surface area contributed by atoms with Crippen molar-refractivity contribution in [2.45, 2.75) is 31.9 Å². The minimum atomic E-state index is -4.69. The first-order chi connectivity index (χ1) is 18.3. The van der Waals surface area contributed by atoms with Crippen molar-refractivity contribution in [3.63, 3.8) is 0 Å². The summed E-state index contributed by atoms with van der Waals surface area (Å²) in [4.78, 5) is 25.3. The Morgan fingerprint density at radius 2 is 1.92 bits per heavy atom. The molecule has 0 bridgehead atoms. The van der Waals surface area contributed by atoms with Crippen molar-refractivity contribution in [1.82, 2.24) is 30.1 Å². The van der Waals surface area contributed by atoms with Gasteiger partial charge in [-0.1, -0.05) is 17.3 Å². The molecule has 1 atom stereocenters. The number of benzene rings is 1. The molecule has 1 N–H and O–H groups in total. The van der Waals surface area contributed by atoms with Crippen molar-refractivity contribution in [1.29, 1.82) is 0 Å². The Bertz CT molecular complexity index is 1580. The van der Waals surface area contributed by atoms with E-state index in [-0.39, 0.29) is 11.7 Å². The molecule has 38 heavy (non-hydrogen) atoms. The van der Waals surface area contributed by atoms with Gasteiger partial charge >= 0.3 is 12.1 Å². The molecule has 13 heteroatoms. The Kier molecular flexibility index (Phi) is 6.14. The van der Waals surface area contributed by atoms with E-state index in [1.165, 1.54) is 6.20 Å². The first-order valence-corrected chi connectivity index (χ1v) is 12.7. The van der Waals surface area contributed by atoms with Gasteiger partial charge in [-0.3, -0.25) is 4.98 Å². The summed E-state index contributed by atoms with van der Waals surface area (Å²) in [5, 5.41) is 8.45. The van der Waals surface area contributed by atoms with Gasteiger partial charge in [0.2, 0.25) is 11.8 Å². The lowest BCUT2D eigenvalue weighted by Gasteiger charge is -2.32. The van der Waals surface area contributed by atoms with Gasteiger partial charge in [-0.2, -0.15) is 23.1 Å². The second kappa shape index (κ2) is 9.63. The van der Waals surface area contributed by atoms with E-state index in [4.69, 9.17) is 9.97 Å². The SMILES string of the molecule is Cc1cnc(Nc2nc(N3CCC[C@@H](c4ccc(-c5noc(C(F)(F)F)n5)cn4)C3)nc3ccccc23)s1. The summed E-state index contributed by atoms with van der Waals surface area (Å²) >= 11 is 1.56. The highest BCUT2D eigenvalue weighted by atomic mass is 32.1. The number of anilines is 3. The average Bonchev–Trinajstić information content (AvgIpc) is 3.58. The summed E-state index contributed by atoms with van der Waals surface area (Å²) < 4.78 is 42.7. The van der Waals surface area contributed by atoms with Crippen molar-refractivity contribution < 1.29 is 17.7 Å². The Morgan fingerprint density at radius 3 is 2.66 bits per heavy atom. The molecule has 0 saturated carbocycles. The summed E-state index contributed by atoms with van der Waals surface area (Å²) in [5.41, 5.74) is 2.01. The van der Waals surface area contributed by atoms with Gasteiger partial charge < -0.3 is 14.7 Å². The largest absolute Gasteiger partial charge is 0.471 e. The maximum absolute atomic E-state index is 12.8. The normalized spacial score (nSPS) is 16.2. The van der Waals surface area contributed by atoms with Crippen LogP contribution in [-0.2, 0) is 6.18 Å². The highest BCUT2D eigenvalue weighted by Gasteiger charge is 2.38. The number of nitrogens with zero attached hydrogens (tertiary/aromatic N) is 7. The fourth-order valence-electron chi connectivity index (χ4n) is 4.45. The van der Waals surface area contributed by atoms with E-state index in [0.717, 1.165) is 46.0 Å². The average molecular weight is 539 g/mol. The van der Waals surface area contributed by atoms with Gasteiger partial charge in [0.15, 0.2) is 5.13 Å². The van der Waals surface area contributed by atoms with Gasteiger partial charge in [0, 0.05) is 52.9 Å². The number of para-hydroxylation sites is 1. The topological polar surface area (TPSA) is 106 Å². The molecule has 0 aliphatic carbocycles. The number of aromatic nitrogens is 6. The van der Waals surface area contributed by atoms with Crippen LogP contribution < -0.4 is 10.2 Å². The predicted molar refractivity (Wildman–Crippen MR) is 136 cm³/mol. The van der Waals surface area contributed by atoms with Crippen molar-refractivity contribution in [3.05, 3.63) is 65.3 Å². The van der Waals surface area contributed by atoms with Gasteiger partial charge in [0.1, 0.15) is 5.82 Å². The summed E-state index contributed by atoms with van der Waals surface area (Å²) in [6.45, 7) is 3.45. The maximum Gasteiger partial charge on any atom is 0.471 e. The summed E-state index contributed by atoms with van der Waals surface area (Å²) in [6, 6.07) is 11.3. The van der Waals surface area contributed by atoms with E-state index >= 15 is 0 Å². The van der Waals surface area contributed by atoms with E-state index in [0.29, 0.717) is 23.9 Å². The third kappa shape index (κ3) is 4.88. The van der Waals surface area contributed by atoms with Gasteiger partial charge in [-0.15, -0.1) is 11.3 Å². The maximum atomic E-state index is 12.8. The number of nitrogens with one attached hydrogen (secondary N) is 1. The van der Waals surface area contributed by atoms with Crippen LogP contribution in [0.5, 0.6) is 0 Å². The number of rotatable bonds is 5. The molecule has 1 fully saturated rings. The molecule has 0 radical (unpaired) electrons. The van der Waals surface area contributed by atoms with Gasteiger partial charge in [0.25, 0.3) is 0 Å². The number of hydrogen-bond donors (Lipinski definition) is 1. The van der Waals surface area contributed by atoms with Crippen molar-refractivity contribution >= 4 is 39.1 Å². The first kappa shape index (κ1) is 24.2. The van der Waals surface area contributed by atoms with Crippen LogP contribution >= 0.6 is 11.3 Å². The number of pyridine rings is 1. The van der Waals surface area contributed by atoms with Crippen molar-refractivity contribution in [2.75, 3.05) is 23.3 Å². The predicted octanol–water partition coefficient (Wildman–Crippen LogP) is 5.99. The zero-order chi connectivity index (χ0) is 26.3. The fourth-order valence-corrected chi connectivity index (χ4v) is 5.11. The molecule has 5 heterocycles. The zero-order valence-corrected chi connectivity index (χ0v) is 20.9. The molecule has 1 saturated heterocycles. The number of thiazole rings is 1. The van der Waals surface area contributed by atoms with E-state index in [1.54, 1.807) is 23.5 Å². The van der Waals surface area contributed by atoms with Crippen LogP contribution in [-0.4, -0.2) is 43.2 Å². The lowest BCUT2D eigenvalue weighted by atomic mass is 9.94. The highest BCUT2D eigenvalue weighted by Crippen LogP contribution is 2.33. The Labute approximate surface area is 218 Å². The number of piperidine rings is 1. The second-order valence-electron chi connectivity index (χ2n) is 8.97. The van der Waals surface area contributed by atoms with Crippen LogP contribution in [0.25, 0.3) is 22.3 Å². The molecule has 0 spiro atoms. The van der Waals surface area contributed by atoms with E-state index in [2.05, 4.69) is 34.8 Å². The quantitative estimate of drug-likeness (QED) is 0.289. The van der Waals surface area contributed by atoms with Gasteiger partial charge in [-0.25, -0.2) is 9.97 Å². The smallest absolute Gasteiger partial charge is 0.340 e. The summed E-state index contributed by atoms with van der Waals surface area (Å²) in [5.74, 6) is -0.118. The van der Waals surface area contributed by atoms with E-state index in [9.17, 15) is 13.2 Å². The molecule has 5 aromatic rings. The third-order valence-corrected chi connectivity index (χ3v) is 7.10. The number of halogens is 3. The molecular weight excluding hydrogens is 517 g/mol. The molecule has 0 amide bonds. The number of aryl methyl sites for hydroxylation is 1. The Morgan fingerprint density at radius 1 is 1.05 bits per heavy atom. The number of alkyl halides is 3. The molecule has 6 rings (SSSR count). The standard InChI is InChI=1S/C25H21F3N8OS/c1-14-11-30-24(38-14)34-21-17-6-2-3-7-19(17)31-23(33-21)36-10-4-5-16(13-36)18-9-8-15(12-29-18)20-32-22(37-35-20)25(26,27)28/h2-3,6-9,11-12,16H,4-5,10,13H2,1H3,(H,30,31,33,34)/t16-/m1/s1. The molecule has 0 unspecified atom stereocenters. The minimum Gasteiger partial charge on any atom is -0.340 e. The van der Waals surface area contributed by atoms with Gasteiger partial charge in [0.05, 0.1) is 5.52 Å². The first-order valence-electron chi connectivity index (χ1n) is 11.9. The van der Waals surface area contributed by atoms with E-state index < -0.39 is 12.1 Å². The molecular formula is C25H21F3N8OS. The molecule has 1 aromatic carbocycles. The molecule has 1 aliphatic rings. The molecule has 194 valence electrons. The van der Waals surface area contributed by atoms with Crippen LogP contribution in [0.15, 0.2) is 53.3 Å². The zero-order valence-electron chi connectivity index (χ0n) is 20.1. The van der Waals surface area contributed by atoms with Crippen LogP contribution in [0.3, 0.4) is 0 Å². The molecule has 4 aromatic heterocycles. The Balaban J connectivity index is 1.24.